The van der Waals surface area contributed by atoms with Crippen LogP contribution in [0.5, 0.6) is 0 Å². The zero-order chi connectivity index (χ0) is 30.2. The van der Waals surface area contributed by atoms with E-state index in [1.54, 1.807) is 13.0 Å². The average Bonchev–Trinajstić information content (AvgIpc) is 3.49. The number of epoxide rings is 1. The second kappa shape index (κ2) is 14.9. The highest BCUT2D eigenvalue weighted by atomic mass is 16.6. The van der Waals surface area contributed by atoms with Crippen molar-refractivity contribution in [3.05, 3.63) is 17.5 Å². The van der Waals surface area contributed by atoms with E-state index in [1.807, 2.05) is 27.7 Å². The molecule has 230 valence electrons. The molecule has 13 nitrogen and oxygen atoms in total. The van der Waals surface area contributed by atoms with Crippen LogP contribution in [0.1, 0.15) is 63.7 Å². The number of morpholine rings is 1. The van der Waals surface area contributed by atoms with Crippen LogP contribution < -0.4 is 16.0 Å². The number of hydrogen-bond acceptors (Lipinski definition) is 10. The van der Waals surface area contributed by atoms with Crippen LogP contribution in [0.25, 0.3) is 0 Å². The molecule has 0 bridgehead atoms. The van der Waals surface area contributed by atoms with Gasteiger partial charge in [-0.05, 0) is 31.6 Å². The van der Waals surface area contributed by atoms with Gasteiger partial charge in [0, 0.05) is 26.3 Å². The molecule has 0 aliphatic carbocycles. The number of carbonyl (C=O) groups is 4. The lowest BCUT2D eigenvalue weighted by Crippen LogP contribution is -2.58. The van der Waals surface area contributed by atoms with Gasteiger partial charge in [-0.25, -0.2) is 0 Å². The van der Waals surface area contributed by atoms with E-state index in [1.165, 1.54) is 7.11 Å². The molecule has 0 saturated carbocycles. The molecular formula is C28H45N5O8. The number of aromatic nitrogens is 1. The number of nitrogens with zero attached hydrogens (tertiary/aromatic N) is 2. The van der Waals surface area contributed by atoms with Crippen molar-refractivity contribution in [3.8, 4) is 0 Å². The maximum atomic E-state index is 13.4. The van der Waals surface area contributed by atoms with Crippen molar-refractivity contribution >= 4 is 23.5 Å². The Hall–Kier alpha value is -2.87. The van der Waals surface area contributed by atoms with Gasteiger partial charge in [-0.2, -0.15) is 0 Å². The fraction of sp³-hybridized carbons (Fsp3) is 0.750. The fourth-order valence-electron chi connectivity index (χ4n) is 4.63. The van der Waals surface area contributed by atoms with Crippen LogP contribution in [-0.4, -0.2) is 104 Å². The maximum absolute atomic E-state index is 13.4. The number of methoxy groups -OCH3 is 1. The van der Waals surface area contributed by atoms with E-state index in [-0.39, 0.29) is 29.9 Å². The third-order valence-electron chi connectivity index (χ3n) is 7.01. The Bertz CT molecular complexity index is 1050. The van der Waals surface area contributed by atoms with Gasteiger partial charge >= 0.3 is 0 Å². The van der Waals surface area contributed by atoms with Crippen LogP contribution in [0.15, 0.2) is 10.6 Å². The smallest absolute Gasteiger partial charge is 0.274 e. The minimum atomic E-state index is -1.08. The number of ketones is 1. The van der Waals surface area contributed by atoms with Crippen molar-refractivity contribution < 1.29 is 37.9 Å². The van der Waals surface area contributed by atoms with Crippen molar-refractivity contribution in [3.63, 3.8) is 0 Å². The number of Topliss-reactive ketones (excluding diaryl/α,β-unsaturated/α-hetero) is 1. The second-order valence-corrected chi connectivity index (χ2v) is 11.8. The highest BCUT2D eigenvalue weighted by Gasteiger charge is 2.50. The molecule has 0 aromatic carbocycles. The molecule has 1 aromatic heterocycles. The predicted octanol–water partition coefficient (Wildman–Crippen LogP) is 0.671. The number of rotatable bonds is 16. The Labute approximate surface area is 241 Å². The zero-order valence-electron chi connectivity index (χ0n) is 25.0. The van der Waals surface area contributed by atoms with Gasteiger partial charge in [-0.3, -0.25) is 24.1 Å². The van der Waals surface area contributed by atoms with Crippen LogP contribution in [0.4, 0.5) is 0 Å². The molecule has 3 rings (SSSR count). The molecule has 2 saturated heterocycles. The topological polar surface area (TPSA) is 165 Å². The summed E-state index contributed by atoms with van der Waals surface area (Å²) in [6.07, 6.45) is 0.746. The molecule has 3 amide bonds. The summed E-state index contributed by atoms with van der Waals surface area (Å²) in [6, 6.07) is -1.23. The zero-order valence-corrected chi connectivity index (χ0v) is 25.0. The van der Waals surface area contributed by atoms with Crippen LogP contribution in [0.2, 0.25) is 0 Å². The molecular weight excluding hydrogens is 534 g/mol. The van der Waals surface area contributed by atoms with E-state index in [9.17, 15) is 19.2 Å². The Kier molecular flexibility index (Phi) is 11.8. The van der Waals surface area contributed by atoms with E-state index < -0.39 is 41.4 Å². The monoisotopic (exact) mass is 579 g/mol. The molecule has 0 unspecified atom stereocenters. The quantitative estimate of drug-likeness (QED) is 0.237. The summed E-state index contributed by atoms with van der Waals surface area (Å²) in [5.41, 5.74) is -0.838. The van der Waals surface area contributed by atoms with Crippen molar-refractivity contribution in [1.82, 2.24) is 26.0 Å². The van der Waals surface area contributed by atoms with Gasteiger partial charge in [0.1, 0.15) is 17.7 Å². The lowest BCUT2D eigenvalue weighted by atomic mass is 9.93. The molecule has 2 aliphatic rings. The molecule has 1 aromatic rings. The third-order valence-corrected chi connectivity index (χ3v) is 7.01. The van der Waals surface area contributed by atoms with Crippen LogP contribution >= 0.6 is 0 Å². The first-order valence-electron chi connectivity index (χ1n) is 14.3. The molecule has 3 heterocycles. The summed E-state index contributed by atoms with van der Waals surface area (Å²) in [5, 5.41) is 12.1. The maximum Gasteiger partial charge on any atom is 0.274 e. The largest absolute Gasteiger partial charge is 0.382 e. The van der Waals surface area contributed by atoms with Crippen molar-refractivity contribution in [1.29, 1.82) is 0 Å². The van der Waals surface area contributed by atoms with Gasteiger partial charge in [0.15, 0.2) is 17.2 Å². The number of hydrogen-bond donors (Lipinski definition) is 3. The summed E-state index contributed by atoms with van der Waals surface area (Å²) in [7, 11) is 1.41. The van der Waals surface area contributed by atoms with E-state index in [0.29, 0.717) is 45.0 Å². The molecule has 0 radical (unpaired) electrons. The molecule has 2 fully saturated rings. The number of amides is 3. The third kappa shape index (κ3) is 9.87. The molecule has 2 aliphatic heterocycles. The molecule has 3 N–H and O–H groups in total. The van der Waals surface area contributed by atoms with Crippen LogP contribution in [0.3, 0.4) is 0 Å². The number of carbonyl (C=O) groups excluding carboxylic acids is 4. The first kappa shape index (κ1) is 32.6. The van der Waals surface area contributed by atoms with Gasteiger partial charge in [-0.1, -0.05) is 32.9 Å². The average molecular weight is 580 g/mol. The van der Waals surface area contributed by atoms with E-state index in [4.69, 9.17) is 18.7 Å². The first-order chi connectivity index (χ1) is 19.4. The number of ether oxygens (including phenoxy) is 3. The van der Waals surface area contributed by atoms with Crippen molar-refractivity contribution in [2.24, 2.45) is 11.8 Å². The molecule has 4 atom stereocenters. The summed E-state index contributed by atoms with van der Waals surface area (Å²) in [4.78, 5) is 54.7. The Balaban J connectivity index is 1.65. The van der Waals surface area contributed by atoms with Crippen molar-refractivity contribution in [2.75, 3.05) is 46.6 Å². The van der Waals surface area contributed by atoms with Gasteiger partial charge < -0.3 is 34.7 Å². The van der Waals surface area contributed by atoms with Crippen molar-refractivity contribution in [2.45, 2.75) is 77.7 Å². The Morgan fingerprint density at radius 3 is 2.15 bits per heavy atom. The minimum Gasteiger partial charge on any atom is -0.382 e. The fourth-order valence-corrected chi connectivity index (χ4v) is 4.63. The predicted molar refractivity (Wildman–Crippen MR) is 148 cm³/mol. The summed E-state index contributed by atoms with van der Waals surface area (Å²) >= 11 is 0. The SMILES string of the molecule is COC[C@H](NC(=O)[C@H](CC(C)C)NC(=O)c1cc(CN2CCOCC2)on1)C(=O)N[C@@H](CC(C)C)C(=O)[C@]1(C)CO1. The van der Waals surface area contributed by atoms with Crippen LogP contribution in [0, 0.1) is 11.8 Å². The second-order valence-electron chi connectivity index (χ2n) is 11.8. The molecule has 41 heavy (non-hydrogen) atoms. The Morgan fingerprint density at radius 2 is 1.56 bits per heavy atom. The standard InChI is InChI=1S/C28H45N5O8/c1-17(2)11-20(24(34)28(5)16-40-28)29-27(37)23(15-38-6)31-25(35)21(12-18(3)4)30-26(36)22-13-19(41-32-22)14-33-7-9-39-10-8-33/h13,17-18,20-21,23H,7-12,14-16H2,1-6H3,(H,29,37)(H,30,36)(H,31,35)/t20-,21-,23-,28-/m0/s1. The van der Waals surface area contributed by atoms with E-state index in [2.05, 4.69) is 26.0 Å². The Morgan fingerprint density at radius 1 is 0.976 bits per heavy atom. The summed E-state index contributed by atoms with van der Waals surface area (Å²) in [6.45, 7) is 12.9. The van der Waals surface area contributed by atoms with Gasteiger partial charge in [0.25, 0.3) is 5.91 Å². The van der Waals surface area contributed by atoms with Gasteiger partial charge in [0.2, 0.25) is 11.8 Å². The summed E-state index contributed by atoms with van der Waals surface area (Å²) in [5.74, 6) is -1.13. The summed E-state index contributed by atoms with van der Waals surface area (Å²) < 4.78 is 21.2. The van der Waals surface area contributed by atoms with E-state index >= 15 is 0 Å². The lowest BCUT2D eigenvalue weighted by Gasteiger charge is -2.26. The normalized spacial score (nSPS) is 21.3. The molecule has 13 heteroatoms. The van der Waals surface area contributed by atoms with Crippen LogP contribution in [-0.2, 0) is 35.1 Å². The van der Waals surface area contributed by atoms with Gasteiger partial charge in [0.05, 0.1) is 39.0 Å². The molecule has 0 spiro atoms. The van der Waals surface area contributed by atoms with Gasteiger partial charge in [-0.15, -0.1) is 0 Å². The minimum absolute atomic E-state index is 0.0577. The first-order valence-corrected chi connectivity index (χ1v) is 14.3. The van der Waals surface area contributed by atoms with E-state index in [0.717, 1.165) is 13.1 Å². The highest BCUT2D eigenvalue weighted by Crippen LogP contribution is 2.29. The lowest BCUT2D eigenvalue weighted by molar-refractivity contribution is -0.134. The number of nitrogens with one attached hydrogen (secondary N) is 3. The highest BCUT2D eigenvalue weighted by molar-refractivity contribution is 5.99.